The summed E-state index contributed by atoms with van der Waals surface area (Å²) in [5.74, 6) is -0.162. The third-order valence-electron chi connectivity index (χ3n) is 4.47. The van der Waals surface area contributed by atoms with E-state index >= 15 is 0 Å². The first-order valence-corrected chi connectivity index (χ1v) is 11.3. The Hall–Kier alpha value is -2.68. The minimum absolute atomic E-state index is 0.343. The number of rotatable bonds is 3. The van der Waals surface area contributed by atoms with Gasteiger partial charge in [0, 0.05) is 22.3 Å². The second-order valence-electron chi connectivity index (χ2n) is 6.34. The molecular weight excluding hydrogens is 530 g/mol. The fourth-order valence-electron chi connectivity index (χ4n) is 3.11. The first-order valence-electron chi connectivity index (χ1n) is 8.87. The van der Waals surface area contributed by atoms with Crippen molar-refractivity contribution < 1.29 is 9.53 Å². The number of hydrogen-bond acceptors (Lipinski definition) is 6. The molecule has 0 N–H and O–H groups in total. The minimum Gasteiger partial charge on any atom is -0.419 e. The van der Waals surface area contributed by atoms with Gasteiger partial charge in [-0.05, 0) is 52.3 Å². The van der Waals surface area contributed by atoms with Crippen LogP contribution in [-0.2, 0) is 0 Å². The molecule has 30 heavy (non-hydrogen) atoms. The highest BCUT2D eigenvalue weighted by atomic mass is 79.9. The maximum absolute atomic E-state index is 13.2. The third kappa shape index (κ3) is 3.40. The van der Waals surface area contributed by atoms with Crippen LogP contribution in [0.25, 0.3) is 31.8 Å². The number of carbonyl (C=O) groups is 1. The second-order valence-corrected chi connectivity index (χ2v) is 9.08. The van der Waals surface area contributed by atoms with E-state index in [0.717, 1.165) is 20.1 Å². The number of halogens is 2. The Morgan fingerprint density at radius 3 is 2.60 bits per heavy atom. The van der Waals surface area contributed by atoms with E-state index in [1.54, 1.807) is 24.5 Å². The molecule has 0 amide bonds. The van der Waals surface area contributed by atoms with Crippen LogP contribution in [0.5, 0.6) is 5.75 Å². The van der Waals surface area contributed by atoms with Crippen molar-refractivity contribution in [2.24, 2.45) is 0 Å². The molecule has 0 radical (unpaired) electrons. The summed E-state index contributed by atoms with van der Waals surface area (Å²) in [5, 5.41) is 1.52. The number of carbonyl (C=O) groups excluding carboxylic acids is 1. The molecule has 0 atom stereocenters. The van der Waals surface area contributed by atoms with E-state index in [4.69, 9.17) is 4.74 Å². The summed E-state index contributed by atoms with van der Waals surface area (Å²) in [6.45, 7) is 0. The lowest BCUT2D eigenvalue weighted by Gasteiger charge is -2.11. The summed E-state index contributed by atoms with van der Waals surface area (Å²) in [4.78, 5) is 26.6. The second kappa shape index (κ2) is 7.86. The Balaban J connectivity index is 1.58. The molecule has 0 fully saturated rings. The predicted molar refractivity (Wildman–Crippen MR) is 125 cm³/mol. The Kier molecular flexibility index (Phi) is 5.06. The van der Waals surface area contributed by atoms with Crippen molar-refractivity contribution in [1.29, 1.82) is 0 Å². The monoisotopic (exact) mass is 539 g/mol. The van der Waals surface area contributed by atoms with Gasteiger partial charge in [0.2, 0.25) is 0 Å². The summed E-state index contributed by atoms with van der Waals surface area (Å²) >= 11 is 8.49. The number of pyridine rings is 2. The highest BCUT2D eigenvalue weighted by Gasteiger charge is 2.21. The molecule has 146 valence electrons. The van der Waals surface area contributed by atoms with Crippen LogP contribution >= 0.6 is 43.2 Å². The van der Waals surface area contributed by atoms with Crippen molar-refractivity contribution in [2.75, 3.05) is 0 Å². The highest BCUT2D eigenvalue weighted by molar-refractivity contribution is 9.11. The lowest BCUT2D eigenvalue weighted by Crippen LogP contribution is -2.11. The van der Waals surface area contributed by atoms with Crippen molar-refractivity contribution in [3.05, 3.63) is 81.5 Å². The summed E-state index contributed by atoms with van der Waals surface area (Å²) in [7, 11) is 0. The number of benzene rings is 2. The molecule has 0 saturated heterocycles. The predicted octanol–water partition coefficient (Wildman–Crippen LogP) is 6.65. The number of esters is 1. The Bertz CT molecular complexity index is 1400. The van der Waals surface area contributed by atoms with Crippen LogP contribution in [0.15, 0.2) is 75.9 Å². The third-order valence-corrected chi connectivity index (χ3v) is 6.76. The summed E-state index contributed by atoms with van der Waals surface area (Å²) in [6, 6.07) is 16.8. The van der Waals surface area contributed by atoms with Crippen molar-refractivity contribution in [3.63, 3.8) is 0 Å². The topological polar surface area (TPSA) is 65.0 Å². The molecule has 5 nitrogen and oxygen atoms in total. The Morgan fingerprint density at radius 1 is 0.933 bits per heavy atom. The SMILES string of the molecule is O=C(Oc1c(Br)cc(Br)c2cccnc12)c1cccnc1-c1nc2ccccc2s1. The number of aromatic nitrogens is 3. The van der Waals surface area contributed by atoms with E-state index in [-0.39, 0.29) is 0 Å². The van der Waals surface area contributed by atoms with Crippen LogP contribution < -0.4 is 4.74 Å². The maximum atomic E-state index is 13.2. The molecule has 5 rings (SSSR count). The zero-order chi connectivity index (χ0) is 20.7. The van der Waals surface area contributed by atoms with Crippen molar-refractivity contribution in [2.45, 2.75) is 0 Å². The van der Waals surface area contributed by atoms with Gasteiger partial charge >= 0.3 is 5.97 Å². The lowest BCUT2D eigenvalue weighted by atomic mass is 10.2. The molecule has 3 aromatic heterocycles. The van der Waals surface area contributed by atoms with Crippen LogP contribution in [0.4, 0.5) is 0 Å². The van der Waals surface area contributed by atoms with Gasteiger partial charge in [-0.25, -0.2) is 9.78 Å². The number of thiazole rings is 1. The molecule has 8 heteroatoms. The normalized spacial score (nSPS) is 11.1. The van der Waals surface area contributed by atoms with Gasteiger partial charge in [-0.3, -0.25) is 9.97 Å². The number of nitrogens with zero attached hydrogens (tertiary/aromatic N) is 3. The fraction of sp³-hybridized carbons (Fsp3) is 0. The average Bonchev–Trinajstić information content (AvgIpc) is 3.21. The van der Waals surface area contributed by atoms with Crippen LogP contribution in [0.2, 0.25) is 0 Å². The standard InChI is InChI=1S/C22H11Br2N3O2S/c23-14-11-15(24)20(18-12(14)5-3-9-25-18)29-22(28)13-6-4-10-26-19(13)21-27-16-7-1-2-8-17(16)30-21/h1-11H. The molecule has 0 spiro atoms. The van der Waals surface area contributed by atoms with Gasteiger partial charge in [-0.15, -0.1) is 11.3 Å². The van der Waals surface area contributed by atoms with E-state index in [9.17, 15) is 4.79 Å². The van der Waals surface area contributed by atoms with Gasteiger partial charge in [-0.1, -0.05) is 34.1 Å². The zero-order valence-corrected chi connectivity index (χ0v) is 19.2. The molecule has 0 unspecified atom stereocenters. The molecule has 2 aromatic carbocycles. The number of fused-ring (bicyclic) bond motifs is 2. The van der Waals surface area contributed by atoms with Crippen molar-refractivity contribution >= 4 is 70.3 Å². The van der Waals surface area contributed by atoms with E-state index in [1.807, 2.05) is 42.5 Å². The van der Waals surface area contributed by atoms with Gasteiger partial charge in [0.05, 0.1) is 20.3 Å². The average molecular weight is 541 g/mol. The van der Waals surface area contributed by atoms with E-state index in [0.29, 0.717) is 32.0 Å². The molecule has 0 aliphatic heterocycles. The first-order chi connectivity index (χ1) is 14.6. The van der Waals surface area contributed by atoms with Gasteiger partial charge in [0.25, 0.3) is 0 Å². The first kappa shape index (κ1) is 19.3. The molecule has 0 aliphatic rings. The van der Waals surface area contributed by atoms with Crippen LogP contribution in [-0.4, -0.2) is 20.9 Å². The molecule has 0 bridgehead atoms. The smallest absolute Gasteiger partial charge is 0.345 e. The Labute approximate surface area is 192 Å². The zero-order valence-electron chi connectivity index (χ0n) is 15.2. The summed E-state index contributed by atoms with van der Waals surface area (Å²) in [6.07, 6.45) is 3.31. The molecule has 5 aromatic rings. The quantitative estimate of drug-likeness (QED) is 0.189. The maximum Gasteiger partial charge on any atom is 0.345 e. The van der Waals surface area contributed by atoms with Gasteiger partial charge in [0.15, 0.2) is 5.75 Å². The van der Waals surface area contributed by atoms with Gasteiger partial charge < -0.3 is 4.74 Å². The molecule has 0 saturated carbocycles. The number of para-hydroxylation sites is 1. The van der Waals surface area contributed by atoms with Crippen LogP contribution in [0, 0.1) is 0 Å². The summed E-state index contributed by atoms with van der Waals surface area (Å²) in [5.41, 5.74) is 2.29. The number of hydrogen-bond donors (Lipinski definition) is 0. The number of ether oxygens (including phenoxy) is 1. The minimum atomic E-state index is -0.521. The fourth-order valence-corrected chi connectivity index (χ4v) is 5.44. The lowest BCUT2D eigenvalue weighted by molar-refractivity contribution is 0.0736. The van der Waals surface area contributed by atoms with E-state index in [2.05, 4.69) is 46.8 Å². The van der Waals surface area contributed by atoms with Crippen LogP contribution in [0.3, 0.4) is 0 Å². The largest absolute Gasteiger partial charge is 0.419 e. The molecule has 0 aliphatic carbocycles. The Morgan fingerprint density at radius 2 is 1.73 bits per heavy atom. The van der Waals surface area contributed by atoms with Crippen LogP contribution in [0.1, 0.15) is 10.4 Å². The van der Waals surface area contributed by atoms with Gasteiger partial charge in [-0.2, -0.15) is 0 Å². The van der Waals surface area contributed by atoms with Gasteiger partial charge in [0.1, 0.15) is 16.2 Å². The van der Waals surface area contributed by atoms with E-state index in [1.165, 1.54) is 11.3 Å². The molecular formula is C22H11Br2N3O2S. The van der Waals surface area contributed by atoms with Crippen molar-refractivity contribution in [1.82, 2.24) is 15.0 Å². The van der Waals surface area contributed by atoms with E-state index < -0.39 is 5.97 Å². The van der Waals surface area contributed by atoms with Crippen molar-refractivity contribution in [3.8, 4) is 16.5 Å². The molecule has 3 heterocycles. The highest BCUT2D eigenvalue weighted by Crippen LogP contribution is 2.38. The summed E-state index contributed by atoms with van der Waals surface area (Å²) < 4.78 is 8.31.